The minimum atomic E-state index is -0.428. The van der Waals surface area contributed by atoms with Crippen LogP contribution in [0.25, 0.3) is 0 Å². The van der Waals surface area contributed by atoms with Crippen molar-refractivity contribution < 1.29 is 9.18 Å². The lowest BCUT2D eigenvalue weighted by Crippen LogP contribution is -2.56. The molecule has 2 atom stereocenters. The van der Waals surface area contributed by atoms with Crippen LogP contribution in [0.4, 0.5) is 10.1 Å². The molecule has 0 aromatic heterocycles. The third-order valence-corrected chi connectivity index (χ3v) is 4.77. The van der Waals surface area contributed by atoms with Gasteiger partial charge < -0.3 is 11.1 Å². The van der Waals surface area contributed by atoms with Gasteiger partial charge in [-0.25, -0.2) is 4.39 Å². The summed E-state index contributed by atoms with van der Waals surface area (Å²) in [5.41, 5.74) is 6.52. The second-order valence-electron chi connectivity index (χ2n) is 6.64. The lowest BCUT2D eigenvalue weighted by molar-refractivity contribution is -0.122. The average molecular weight is 328 g/mol. The molecule has 3 N–H and O–H groups in total. The number of carbonyl (C=O) groups excluding carboxylic acids is 1. The van der Waals surface area contributed by atoms with E-state index < -0.39 is 5.82 Å². The van der Waals surface area contributed by atoms with E-state index in [9.17, 15) is 9.18 Å². The minimum absolute atomic E-state index is 0.0275. The SMILES string of the molecule is CC(C(=O)Nc1ccc(F)cc1Cl)N1CCC(N)C(C)(C)C1. The number of amides is 1. The number of rotatable bonds is 3. The zero-order valence-electron chi connectivity index (χ0n) is 13.2. The van der Waals surface area contributed by atoms with Crippen LogP contribution in [0, 0.1) is 11.2 Å². The number of likely N-dealkylation sites (tertiary alicyclic amines) is 1. The Labute approximate surface area is 135 Å². The van der Waals surface area contributed by atoms with Crippen molar-refractivity contribution >= 4 is 23.2 Å². The van der Waals surface area contributed by atoms with E-state index in [1.54, 1.807) is 0 Å². The van der Waals surface area contributed by atoms with Crippen LogP contribution in [-0.4, -0.2) is 36.0 Å². The number of piperidine rings is 1. The highest BCUT2D eigenvalue weighted by Crippen LogP contribution is 2.29. The number of anilines is 1. The smallest absolute Gasteiger partial charge is 0.241 e. The molecule has 6 heteroatoms. The number of nitrogens with one attached hydrogen (secondary N) is 1. The Bertz CT molecular complexity index is 564. The van der Waals surface area contributed by atoms with Gasteiger partial charge in [-0.15, -0.1) is 0 Å². The quantitative estimate of drug-likeness (QED) is 0.897. The van der Waals surface area contributed by atoms with Crippen molar-refractivity contribution in [1.29, 1.82) is 0 Å². The summed E-state index contributed by atoms with van der Waals surface area (Å²) in [6.07, 6.45) is 0.863. The summed E-state index contributed by atoms with van der Waals surface area (Å²) in [6, 6.07) is 3.77. The predicted molar refractivity (Wildman–Crippen MR) is 87.4 cm³/mol. The summed E-state index contributed by atoms with van der Waals surface area (Å²) in [7, 11) is 0. The highest BCUT2D eigenvalue weighted by Gasteiger charge is 2.36. The molecule has 2 rings (SSSR count). The number of hydrogen-bond acceptors (Lipinski definition) is 3. The van der Waals surface area contributed by atoms with Crippen molar-refractivity contribution in [3.05, 3.63) is 29.0 Å². The molecule has 1 fully saturated rings. The first-order valence-corrected chi connectivity index (χ1v) is 7.84. The standard InChI is InChI=1S/C16H23ClFN3O/c1-10(21-7-6-14(19)16(2,3)9-21)15(22)20-13-5-4-11(18)8-12(13)17/h4-5,8,10,14H,6-7,9,19H2,1-3H3,(H,20,22). The van der Waals surface area contributed by atoms with Gasteiger partial charge in [-0.05, 0) is 37.0 Å². The van der Waals surface area contributed by atoms with Gasteiger partial charge in [0, 0.05) is 19.1 Å². The molecule has 1 saturated heterocycles. The van der Waals surface area contributed by atoms with Crippen molar-refractivity contribution in [2.75, 3.05) is 18.4 Å². The van der Waals surface area contributed by atoms with Crippen LogP contribution in [0.2, 0.25) is 5.02 Å². The Morgan fingerprint density at radius 3 is 2.82 bits per heavy atom. The molecule has 0 aliphatic carbocycles. The number of nitrogens with two attached hydrogens (primary N) is 1. The number of halogens is 2. The monoisotopic (exact) mass is 327 g/mol. The van der Waals surface area contributed by atoms with Gasteiger partial charge in [0.25, 0.3) is 0 Å². The molecule has 1 amide bonds. The van der Waals surface area contributed by atoms with E-state index in [2.05, 4.69) is 24.1 Å². The highest BCUT2D eigenvalue weighted by atomic mass is 35.5. The van der Waals surface area contributed by atoms with Gasteiger partial charge in [-0.2, -0.15) is 0 Å². The fourth-order valence-electron chi connectivity index (χ4n) is 2.74. The molecule has 1 aliphatic rings. The van der Waals surface area contributed by atoms with Gasteiger partial charge in [-0.1, -0.05) is 25.4 Å². The number of hydrogen-bond donors (Lipinski definition) is 2. The lowest BCUT2D eigenvalue weighted by Gasteiger charge is -2.44. The highest BCUT2D eigenvalue weighted by molar-refractivity contribution is 6.33. The Morgan fingerprint density at radius 1 is 1.55 bits per heavy atom. The summed E-state index contributed by atoms with van der Waals surface area (Å²) in [6.45, 7) is 7.65. The molecule has 122 valence electrons. The van der Waals surface area contributed by atoms with E-state index in [1.165, 1.54) is 18.2 Å². The second-order valence-corrected chi connectivity index (χ2v) is 7.05. The maximum absolute atomic E-state index is 13.0. The molecule has 22 heavy (non-hydrogen) atoms. The van der Waals surface area contributed by atoms with Crippen LogP contribution in [0.3, 0.4) is 0 Å². The maximum atomic E-state index is 13.0. The molecule has 0 saturated carbocycles. The van der Waals surface area contributed by atoms with Crippen molar-refractivity contribution in [3.8, 4) is 0 Å². The maximum Gasteiger partial charge on any atom is 0.241 e. The van der Waals surface area contributed by atoms with Crippen molar-refractivity contribution in [1.82, 2.24) is 4.90 Å². The third-order valence-electron chi connectivity index (χ3n) is 4.46. The molecule has 0 bridgehead atoms. The van der Waals surface area contributed by atoms with E-state index >= 15 is 0 Å². The molecule has 0 spiro atoms. The van der Waals surface area contributed by atoms with E-state index in [0.29, 0.717) is 5.69 Å². The molecule has 1 aliphatic heterocycles. The summed E-state index contributed by atoms with van der Waals surface area (Å²) in [4.78, 5) is 14.5. The van der Waals surface area contributed by atoms with E-state index in [4.69, 9.17) is 17.3 Å². The molecular weight excluding hydrogens is 305 g/mol. The molecule has 2 unspecified atom stereocenters. The van der Waals surface area contributed by atoms with Crippen LogP contribution >= 0.6 is 11.6 Å². The molecular formula is C16H23ClFN3O. The second kappa shape index (κ2) is 6.52. The fraction of sp³-hybridized carbons (Fsp3) is 0.562. The average Bonchev–Trinajstić information content (AvgIpc) is 2.44. The van der Waals surface area contributed by atoms with Gasteiger partial charge in [0.1, 0.15) is 5.82 Å². The summed E-state index contributed by atoms with van der Waals surface area (Å²) in [5, 5.41) is 2.96. The van der Waals surface area contributed by atoms with E-state index in [-0.39, 0.29) is 28.4 Å². The zero-order valence-corrected chi connectivity index (χ0v) is 14.0. The molecule has 0 radical (unpaired) electrons. The van der Waals surface area contributed by atoms with Crippen LogP contribution in [0.5, 0.6) is 0 Å². The normalized spacial score (nSPS) is 23.1. The summed E-state index contributed by atoms with van der Waals surface area (Å²) < 4.78 is 13.0. The first-order chi connectivity index (χ1) is 10.2. The Kier molecular flexibility index (Phi) is 5.10. The molecule has 4 nitrogen and oxygen atoms in total. The summed E-state index contributed by atoms with van der Waals surface area (Å²) >= 11 is 5.94. The van der Waals surface area contributed by atoms with Crippen LogP contribution < -0.4 is 11.1 Å². The van der Waals surface area contributed by atoms with Crippen LogP contribution in [0.15, 0.2) is 18.2 Å². The number of nitrogens with zero attached hydrogens (tertiary/aromatic N) is 1. The van der Waals surface area contributed by atoms with Crippen molar-refractivity contribution in [3.63, 3.8) is 0 Å². The third kappa shape index (κ3) is 3.77. The van der Waals surface area contributed by atoms with Gasteiger partial charge in [-0.3, -0.25) is 9.69 Å². The largest absolute Gasteiger partial charge is 0.327 e. The molecule has 1 aromatic rings. The van der Waals surface area contributed by atoms with Crippen LogP contribution in [0.1, 0.15) is 27.2 Å². The molecule has 1 heterocycles. The zero-order chi connectivity index (χ0) is 16.5. The summed E-state index contributed by atoms with van der Waals surface area (Å²) in [5.74, 6) is -0.581. The Balaban J connectivity index is 2.03. The van der Waals surface area contributed by atoms with E-state index in [1.807, 2.05) is 6.92 Å². The van der Waals surface area contributed by atoms with Gasteiger partial charge in [0.05, 0.1) is 16.8 Å². The predicted octanol–water partition coefficient (Wildman–Crippen LogP) is 2.87. The van der Waals surface area contributed by atoms with Crippen molar-refractivity contribution in [2.24, 2.45) is 11.1 Å². The minimum Gasteiger partial charge on any atom is -0.327 e. The number of carbonyl (C=O) groups is 1. The Hall–Kier alpha value is -1.17. The fourth-order valence-corrected chi connectivity index (χ4v) is 2.95. The van der Waals surface area contributed by atoms with Crippen LogP contribution in [-0.2, 0) is 4.79 Å². The first kappa shape index (κ1) is 17.2. The first-order valence-electron chi connectivity index (χ1n) is 7.46. The molecule has 1 aromatic carbocycles. The van der Waals surface area contributed by atoms with E-state index in [0.717, 1.165) is 19.5 Å². The number of benzene rings is 1. The van der Waals surface area contributed by atoms with Gasteiger partial charge in [0.15, 0.2) is 0 Å². The van der Waals surface area contributed by atoms with Crippen molar-refractivity contribution in [2.45, 2.75) is 39.3 Å². The van der Waals surface area contributed by atoms with Gasteiger partial charge >= 0.3 is 0 Å². The Morgan fingerprint density at radius 2 is 2.23 bits per heavy atom. The topological polar surface area (TPSA) is 58.4 Å². The lowest BCUT2D eigenvalue weighted by atomic mass is 9.79. The van der Waals surface area contributed by atoms with Gasteiger partial charge in [0.2, 0.25) is 5.91 Å².